The largest absolute Gasteiger partial charge is 0.491 e. The average molecular weight is 194 g/mol. The monoisotopic (exact) mass is 194 g/mol. The fourth-order valence-electron chi connectivity index (χ4n) is 0.920. The Hall–Kier alpha value is -1.33. The van der Waals surface area contributed by atoms with Gasteiger partial charge in [-0.1, -0.05) is 30.3 Å². The second-order valence-corrected chi connectivity index (χ2v) is 2.65. The lowest BCUT2D eigenvalue weighted by Crippen LogP contribution is -2.35. The summed E-state index contributed by atoms with van der Waals surface area (Å²) in [7, 11) is 0.177. The van der Waals surface area contributed by atoms with E-state index in [1.54, 1.807) is 24.3 Å². The van der Waals surface area contributed by atoms with Crippen molar-refractivity contribution in [1.82, 2.24) is 0 Å². The molecule has 0 amide bonds. The molecule has 0 unspecified atom stereocenters. The predicted molar refractivity (Wildman–Crippen MR) is 52.0 cm³/mol. The van der Waals surface area contributed by atoms with E-state index >= 15 is 0 Å². The van der Waals surface area contributed by atoms with Gasteiger partial charge in [0.2, 0.25) is 0 Å². The third kappa shape index (κ3) is 3.20. The van der Waals surface area contributed by atoms with Crippen LogP contribution in [-0.4, -0.2) is 31.8 Å². The zero-order valence-electron chi connectivity index (χ0n) is 7.84. The highest BCUT2D eigenvalue weighted by atomic mass is 16.6. The Bertz CT molecular complexity index is 288. The number of benzene rings is 1. The van der Waals surface area contributed by atoms with E-state index in [9.17, 15) is 9.82 Å². The molecule has 0 aliphatic heterocycles. The smallest absolute Gasteiger partial charge is 0.467 e. The van der Waals surface area contributed by atoms with Gasteiger partial charge in [0.05, 0.1) is 7.11 Å². The second kappa shape index (κ2) is 5.41. The van der Waals surface area contributed by atoms with Crippen LogP contribution in [-0.2, 0) is 14.2 Å². The SMILES string of the molecule is COC(=O)COB(O)c1ccccc1. The summed E-state index contributed by atoms with van der Waals surface area (Å²) >= 11 is 0. The normalized spacial score (nSPS) is 9.57. The number of esters is 1. The van der Waals surface area contributed by atoms with E-state index in [-0.39, 0.29) is 6.61 Å². The van der Waals surface area contributed by atoms with Gasteiger partial charge in [0.15, 0.2) is 0 Å². The molecule has 1 rings (SSSR count). The molecule has 1 aromatic rings. The fourth-order valence-corrected chi connectivity index (χ4v) is 0.920. The molecular weight excluding hydrogens is 183 g/mol. The van der Waals surface area contributed by atoms with E-state index in [0.29, 0.717) is 5.46 Å². The summed E-state index contributed by atoms with van der Waals surface area (Å²) in [6.45, 7) is -0.257. The molecule has 4 nitrogen and oxygen atoms in total. The van der Waals surface area contributed by atoms with Crippen molar-refractivity contribution in [2.75, 3.05) is 13.7 Å². The summed E-state index contributed by atoms with van der Waals surface area (Å²) in [5, 5.41) is 9.43. The Morgan fingerprint density at radius 2 is 2.07 bits per heavy atom. The van der Waals surface area contributed by atoms with Crippen LogP contribution in [0.4, 0.5) is 0 Å². The average Bonchev–Trinajstić information content (AvgIpc) is 2.26. The number of carbonyl (C=O) groups is 1. The number of hydrogen-bond acceptors (Lipinski definition) is 4. The van der Waals surface area contributed by atoms with E-state index in [0.717, 1.165) is 0 Å². The maximum atomic E-state index is 10.7. The topological polar surface area (TPSA) is 55.8 Å². The van der Waals surface area contributed by atoms with Crippen LogP contribution in [0, 0.1) is 0 Å². The highest BCUT2D eigenvalue weighted by Crippen LogP contribution is 1.88. The highest BCUT2D eigenvalue weighted by Gasteiger charge is 2.17. The molecule has 0 aromatic heterocycles. The summed E-state index contributed by atoms with van der Waals surface area (Å²) in [5.41, 5.74) is 0.608. The molecule has 0 fully saturated rings. The number of rotatable bonds is 4. The third-order valence-corrected chi connectivity index (χ3v) is 1.67. The summed E-state index contributed by atoms with van der Waals surface area (Å²) in [6, 6.07) is 8.81. The minimum Gasteiger partial charge on any atom is -0.467 e. The molecular formula is C9H11BO4. The van der Waals surface area contributed by atoms with E-state index < -0.39 is 13.1 Å². The molecule has 0 bridgehead atoms. The maximum absolute atomic E-state index is 10.7. The third-order valence-electron chi connectivity index (χ3n) is 1.67. The summed E-state index contributed by atoms with van der Waals surface area (Å²) < 4.78 is 9.22. The van der Waals surface area contributed by atoms with Crippen LogP contribution < -0.4 is 5.46 Å². The molecule has 0 spiro atoms. The van der Waals surface area contributed by atoms with Crippen LogP contribution in [0.2, 0.25) is 0 Å². The summed E-state index contributed by atoms with van der Waals surface area (Å²) in [4.78, 5) is 10.7. The first kappa shape index (κ1) is 10.8. The molecule has 74 valence electrons. The molecule has 0 saturated heterocycles. The minimum absolute atomic E-state index is 0.257. The van der Waals surface area contributed by atoms with Gasteiger partial charge in [-0.25, -0.2) is 4.79 Å². The van der Waals surface area contributed by atoms with Crippen molar-refractivity contribution in [1.29, 1.82) is 0 Å². The van der Waals surface area contributed by atoms with E-state index in [1.807, 2.05) is 6.07 Å². The lowest BCUT2D eigenvalue weighted by atomic mass is 9.80. The van der Waals surface area contributed by atoms with Gasteiger partial charge in [-0.3, -0.25) is 0 Å². The second-order valence-electron chi connectivity index (χ2n) is 2.65. The van der Waals surface area contributed by atoms with Gasteiger partial charge in [0.25, 0.3) is 0 Å². The fraction of sp³-hybridized carbons (Fsp3) is 0.222. The van der Waals surface area contributed by atoms with Crippen LogP contribution in [0.25, 0.3) is 0 Å². The lowest BCUT2D eigenvalue weighted by Gasteiger charge is -2.06. The van der Waals surface area contributed by atoms with Crippen molar-refractivity contribution in [3.8, 4) is 0 Å². The first-order chi connectivity index (χ1) is 6.74. The Labute approximate surface area is 82.6 Å². The predicted octanol–water partition coefficient (Wildman–Crippen LogP) is -0.436. The van der Waals surface area contributed by atoms with Gasteiger partial charge in [0, 0.05) is 0 Å². The van der Waals surface area contributed by atoms with Gasteiger partial charge < -0.3 is 14.4 Å². The Morgan fingerprint density at radius 1 is 1.43 bits per heavy atom. The van der Waals surface area contributed by atoms with Crippen molar-refractivity contribution in [2.24, 2.45) is 0 Å². The molecule has 0 saturated carbocycles. The van der Waals surface area contributed by atoms with Crippen LogP contribution in [0.3, 0.4) is 0 Å². The van der Waals surface area contributed by atoms with Crippen molar-refractivity contribution in [3.63, 3.8) is 0 Å². The molecule has 1 aromatic carbocycles. The van der Waals surface area contributed by atoms with Crippen LogP contribution in [0.5, 0.6) is 0 Å². The first-order valence-corrected chi connectivity index (χ1v) is 4.15. The minimum atomic E-state index is -1.09. The number of carbonyl (C=O) groups excluding carboxylic acids is 1. The Morgan fingerprint density at radius 3 is 2.64 bits per heavy atom. The van der Waals surface area contributed by atoms with Crippen LogP contribution in [0.1, 0.15) is 0 Å². The van der Waals surface area contributed by atoms with Crippen molar-refractivity contribution < 1.29 is 19.2 Å². The van der Waals surface area contributed by atoms with Gasteiger partial charge in [-0.15, -0.1) is 0 Å². The summed E-state index contributed by atoms with van der Waals surface area (Å²) in [5.74, 6) is -0.514. The number of ether oxygens (including phenoxy) is 1. The number of methoxy groups -OCH3 is 1. The zero-order chi connectivity index (χ0) is 10.4. The van der Waals surface area contributed by atoms with Crippen LogP contribution in [0.15, 0.2) is 30.3 Å². The lowest BCUT2D eigenvalue weighted by molar-refractivity contribution is -0.143. The molecule has 0 aliphatic carbocycles. The van der Waals surface area contributed by atoms with Crippen molar-refractivity contribution >= 4 is 18.6 Å². The summed E-state index contributed by atoms with van der Waals surface area (Å²) in [6.07, 6.45) is 0. The molecule has 0 atom stereocenters. The van der Waals surface area contributed by atoms with Crippen molar-refractivity contribution in [3.05, 3.63) is 30.3 Å². The standard InChI is InChI=1S/C9H11BO4/c1-13-9(11)7-14-10(12)8-5-3-2-4-6-8/h2-6,12H,7H2,1H3. The first-order valence-electron chi connectivity index (χ1n) is 4.15. The Balaban J connectivity index is 2.43. The molecule has 0 radical (unpaired) electrons. The van der Waals surface area contributed by atoms with E-state index in [2.05, 4.69) is 4.74 Å². The van der Waals surface area contributed by atoms with Crippen LogP contribution >= 0.6 is 0 Å². The number of hydrogen-bond donors (Lipinski definition) is 1. The molecule has 5 heteroatoms. The van der Waals surface area contributed by atoms with Crippen molar-refractivity contribution in [2.45, 2.75) is 0 Å². The van der Waals surface area contributed by atoms with Gasteiger partial charge in [0.1, 0.15) is 6.61 Å². The molecule has 0 aliphatic rings. The van der Waals surface area contributed by atoms with E-state index in [1.165, 1.54) is 7.11 Å². The quantitative estimate of drug-likeness (QED) is 0.521. The van der Waals surface area contributed by atoms with Gasteiger partial charge in [-0.2, -0.15) is 0 Å². The maximum Gasteiger partial charge on any atom is 0.491 e. The molecule has 0 heterocycles. The van der Waals surface area contributed by atoms with Gasteiger partial charge in [-0.05, 0) is 5.46 Å². The Kier molecular flexibility index (Phi) is 4.16. The molecule has 14 heavy (non-hydrogen) atoms. The van der Waals surface area contributed by atoms with Gasteiger partial charge >= 0.3 is 13.1 Å². The molecule has 1 N–H and O–H groups in total. The van der Waals surface area contributed by atoms with E-state index in [4.69, 9.17) is 4.65 Å². The zero-order valence-corrected chi connectivity index (χ0v) is 7.84. The highest BCUT2D eigenvalue weighted by molar-refractivity contribution is 6.60.